The number of rotatable bonds is 8. The monoisotopic (exact) mass is 435 g/mol. The summed E-state index contributed by atoms with van der Waals surface area (Å²) in [6, 6.07) is 19.3. The number of fused-ring (bicyclic) bond motifs is 1. The molecule has 0 saturated heterocycles. The maximum absolute atomic E-state index is 13.4. The van der Waals surface area contributed by atoms with Crippen LogP contribution in [0.4, 0.5) is 0 Å². The quantitative estimate of drug-likeness (QED) is 0.500. The Bertz CT molecular complexity index is 963. The van der Waals surface area contributed by atoms with Gasteiger partial charge in [-0.05, 0) is 28.4 Å². The van der Waals surface area contributed by atoms with E-state index in [-0.39, 0.29) is 23.5 Å². The van der Waals surface area contributed by atoms with Gasteiger partial charge in [0, 0.05) is 25.6 Å². The summed E-state index contributed by atoms with van der Waals surface area (Å²) in [6.07, 6.45) is 0.715. The van der Waals surface area contributed by atoms with E-state index in [0.29, 0.717) is 24.3 Å². The van der Waals surface area contributed by atoms with Crippen LogP contribution in [0.2, 0.25) is 0 Å². The molecule has 2 atom stereocenters. The van der Waals surface area contributed by atoms with E-state index in [1.807, 2.05) is 60.7 Å². The molecule has 1 N–H and O–H groups in total. The Balaban J connectivity index is 1.57. The number of amides is 1. The first-order valence-corrected chi connectivity index (χ1v) is 11.5. The van der Waals surface area contributed by atoms with E-state index in [4.69, 9.17) is 4.74 Å². The minimum Gasteiger partial charge on any atom is -0.449 e. The van der Waals surface area contributed by atoms with Crippen LogP contribution in [0, 0.1) is 11.8 Å². The SMILES string of the molecule is CC(=O)NCCSC1=C(C(=O)OC(c2ccccc2)c2ccccc2)C2C(=O)CC2C1. The van der Waals surface area contributed by atoms with E-state index >= 15 is 0 Å². The first kappa shape index (κ1) is 21.4. The molecule has 2 aromatic carbocycles. The number of allylic oxidation sites excluding steroid dienone is 1. The smallest absolute Gasteiger partial charge is 0.336 e. The molecule has 2 unspecified atom stereocenters. The summed E-state index contributed by atoms with van der Waals surface area (Å²) in [6.45, 7) is 2.00. The number of benzene rings is 2. The van der Waals surface area contributed by atoms with Gasteiger partial charge >= 0.3 is 5.97 Å². The fourth-order valence-electron chi connectivity index (χ4n) is 4.25. The van der Waals surface area contributed by atoms with Crippen molar-refractivity contribution in [3.05, 3.63) is 82.3 Å². The summed E-state index contributed by atoms with van der Waals surface area (Å²) in [5, 5.41) is 2.77. The summed E-state index contributed by atoms with van der Waals surface area (Å²) < 4.78 is 6.05. The average molecular weight is 436 g/mol. The number of ether oxygens (including phenoxy) is 1. The van der Waals surface area contributed by atoms with E-state index in [2.05, 4.69) is 5.32 Å². The Morgan fingerprint density at radius 2 is 1.65 bits per heavy atom. The molecular formula is C25H25NO4S. The van der Waals surface area contributed by atoms with Gasteiger partial charge in [-0.25, -0.2) is 4.79 Å². The van der Waals surface area contributed by atoms with Crippen LogP contribution in [0.25, 0.3) is 0 Å². The second-order valence-corrected chi connectivity index (χ2v) is 9.08. The molecule has 2 aromatic rings. The highest BCUT2D eigenvalue weighted by atomic mass is 32.2. The van der Waals surface area contributed by atoms with Crippen LogP contribution in [0.3, 0.4) is 0 Å². The Morgan fingerprint density at radius 1 is 1.03 bits per heavy atom. The normalized spacial score (nSPS) is 19.7. The van der Waals surface area contributed by atoms with Crippen molar-refractivity contribution in [2.24, 2.45) is 11.8 Å². The zero-order valence-electron chi connectivity index (χ0n) is 17.4. The van der Waals surface area contributed by atoms with Crippen LogP contribution in [-0.2, 0) is 19.1 Å². The van der Waals surface area contributed by atoms with Crippen molar-refractivity contribution in [2.75, 3.05) is 12.3 Å². The molecule has 160 valence electrons. The molecule has 0 heterocycles. The maximum Gasteiger partial charge on any atom is 0.336 e. The van der Waals surface area contributed by atoms with Crippen LogP contribution in [0.5, 0.6) is 0 Å². The van der Waals surface area contributed by atoms with Crippen LogP contribution < -0.4 is 5.32 Å². The lowest BCUT2D eigenvalue weighted by atomic mass is 9.72. The summed E-state index contributed by atoms with van der Waals surface area (Å²) in [7, 11) is 0. The molecule has 0 spiro atoms. The third-order valence-electron chi connectivity index (χ3n) is 5.74. The Kier molecular flexibility index (Phi) is 6.56. The topological polar surface area (TPSA) is 72.5 Å². The summed E-state index contributed by atoms with van der Waals surface area (Å²) in [4.78, 5) is 37.7. The van der Waals surface area contributed by atoms with E-state index in [1.165, 1.54) is 6.92 Å². The molecule has 1 fully saturated rings. The van der Waals surface area contributed by atoms with Gasteiger partial charge in [-0.2, -0.15) is 0 Å². The Morgan fingerprint density at radius 3 is 2.19 bits per heavy atom. The Labute approximate surface area is 186 Å². The van der Waals surface area contributed by atoms with E-state index in [1.54, 1.807) is 11.8 Å². The van der Waals surface area contributed by atoms with Gasteiger partial charge in [0.1, 0.15) is 5.78 Å². The molecule has 31 heavy (non-hydrogen) atoms. The molecule has 6 heteroatoms. The first-order chi connectivity index (χ1) is 15.0. The second kappa shape index (κ2) is 9.52. The number of nitrogens with one attached hydrogen (secondary N) is 1. The summed E-state index contributed by atoms with van der Waals surface area (Å²) in [5.74, 6) is 0.128. The number of thioether (sulfide) groups is 1. The van der Waals surface area contributed by atoms with Gasteiger partial charge in [-0.3, -0.25) is 9.59 Å². The van der Waals surface area contributed by atoms with Gasteiger partial charge in [0.25, 0.3) is 0 Å². The van der Waals surface area contributed by atoms with Gasteiger partial charge < -0.3 is 10.1 Å². The average Bonchev–Trinajstić information content (AvgIpc) is 3.08. The predicted molar refractivity (Wildman–Crippen MR) is 120 cm³/mol. The van der Waals surface area contributed by atoms with Crippen LogP contribution in [0.15, 0.2) is 71.1 Å². The highest BCUT2D eigenvalue weighted by molar-refractivity contribution is 8.03. The van der Waals surface area contributed by atoms with Crippen molar-refractivity contribution < 1.29 is 19.1 Å². The molecule has 5 nitrogen and oxygen atoms in total. The van der Waals surface area contributed by atoms with Crippen LogP contribution >= 0.6 is 11.8 Å². The third kappa shape index (κ3) is 4.74. The number of Topliss-reactive ketones (excluding diaryl/α,β-unsaturated/α-hetero) is 1. The lowest BCUT2D eigenvalue weighted by Crippen LogP contribution is -2.37. The largest absolute Gasteiger partial charge is 0.449 e. The van der Waals surface area contributed by atoms with Gasteiger partial charge in [0.15, 0.2) is 6.10 Å². The first-order valence-electron chi connectivity index (χ1n) is 10.5. The molecule has 1 saturated carbocycles. The van der Waals surface area contributed by atoms with Gasteiger partial charge in [-0.15, -0.1) is 11.8 Å². The van der Waals surface area contributed by atoms with Crippen molar-refractivity contribution in [2.45, 2.75) is 25.9 Å². The number of esters is 1. The second-order valence-electron chi connectivity index (χ2n) is 7.89. The third-order valence-corrected chi connectivity index (χ3v) is 6.89. The molecule has 2 aliphatic carbocycles. The van der Waals surface area contributed by atoms with Crippen LogP contribution in [0.1, 0.15) is 37.0 Å². The zero-order valence-corrected chi connectivity index (χ0v) is 18.2. The molecular weight excluding hydrogens is 410 g/mol. The van der Waals surface area contributed by atoms with Crippen molar-refractivity contribution >= 4 is 29.4 Å². The molecule has 0 bridgehead atoms. The minimum absolute atomic E-state index is 0.0792. The predicted octanol–water partition coefficient (Wildman–Crippen LogP) is 4.05. The van der Waals surface area contributed by atoms with E-state index in [0.717, 1.165) is 22.5 Å². The molecule has 2 aliphatic rings. The number of hydrogen-bond acceptors (Lipinski definition) is 5. The lowest BCUT2D eigenvalue weighted by Gasteiger charge is -2.30. The molecule has 0 aromatic heterocycles. The number of carbonyl (C=O) groups excluding carboxylic acids is 3. The van der Waals surface area contributed by atoms with Crippen molar-refractivity contribution in [3.8, 4) is 0 Å². The Hall–Kier alpha value is -2.86. The van der Waals surface area contributed by atoms with Gasteiger partial charge in [-0.1, -0.05) is 60.7 Å². The standard InChI is InChI=1S/C25H25NO4S/c1-16(27)26-12-13-31-21-15-19-14-20(28)22(19)23(21)25(29)30-24(17-8-4-2-5-9-17)18-10-6-3-7-11-18/h2-11,19,22,24H,12-15H2,1H3,(H,26,27). The van der Waals surface area contributed by atoms with Crippen molar-refractivity contribution in [1.82, 2.24) is 5.32 Å². The molecule has 0 radical (unpaired) electrons. The van der Waals surface area contributed by atoms with E-state index < -0.39 is 12.1 Å². The van der Waals surface area contributed by atoms with Gasteiger partial charge in [0.05, 0.1) is 11.5 Å². The minimum atomic E-state index is -0.540. The summed E-state index contributed by atoms with van der Waals surface area (Å²) >= 11 is 1.54. The van der Waals surface area contributed by atoms with E-state index in [9.17, 15) is 14.4 Å². The lowest BCUT2D eigenvalue weighted by molar-refractivity contribution is -0.146. The summed E-state index contributed by atoms with van der Waals surface area (Å²) in [5.41, 5.74) is 2.29. The highest BCUT2D eigenvalue weighted by Gasteiger charge is 2.51. The maximum atomic E-state index is 13.4. The van der Waals surface area contributed by atoms with Gasteiger partial charge in [0.2, 0.25) is 5.91 Å². The molecule has 1 amide bonds. The fraction of sp³-hybridized carbons (Fsp3) is 0.320. The van der Waals surface area contributed by atoms with Crippen molar-refractivity contribution in [1.29, 1.82) is 0 Å². The molecule has 4 rings (SSSR count). The highest BCUT2D eigenvalue weighted by Crippen LogP contribution is 2.51. The molecule has 0 aliphatic heterocycles. The van der Waals surface area contributed by atoms with Crippen molar-refractivity contribution in [3.63, 3.8) is 0 Å². The fourth-order valence-corrected chi connectivity index (χ4v) is 5.40. The van der Waals surface area contributed by atoms with Crippen LogP contribution in [-0.4, -0.2) is 30.0 Å². The number of carbonyl (C=O) groups is 3. The number of hydrogen-bond donors (Lipinski definition) is 1. The number of ketones is 1. The zero-order chi connectivity index (χ0) is 21.8.